The van der Waals surface area contributed by atoms with Gasteiger partial charge >= 0.3 is 0 Å². The molecule has 0 aromatic heterocycles. The average molecular weight is 179 g/mol. The fourth-order valence-electron chi connectivity index (χ4n) is 1.10. The number of hydrogen-bond donors (Lipinski definition) is 2. The molecule has 0 saturated heterocycles. The first kappa shape index (κ1) is 9.94. The Hall–Kier alpha value is -1.14. The van der Waals surface area contributed by atoms with Crippen molar-refractivity contribution in [2.24, 2.45) is 5.92 Å². The van der Waals surface area contributed by atoms with Crippen LogP contribution in [0.4, 0.5) is 0 Å². The van der Waals surface area contributed by atoms with Crippen LogP contribution in [0.3, 0.4) is 0 Å². The van der Waals surface area contributed by atoms with Gasteiger partial charge in [-0.3, -0.25) is 5.01 Å². The number of hydrazine groups is 2. The highest BCUT2D eigenvalue weighted by molar-refractivity contribution is 5.09. The van der Waals surface area contributed by atoms with Gasteiger partial charge in [0.25, 0.3) is 0 Å². The van der Waals surface area contributed by atoms with Crippen molar-refractivity contribution in [3.63, 3.8) is 0 Å². The Morgan fingerprint density at radius 3 is 2.85 bits per heavy atom. The van der Waals surface area contributed by atoms with E-state index in [1.807, 2.05) is 18.1 Å². The van der Waals surface area contributed by atoms with E-state index in [9.17, 15) is 0 Å². The molecule has 72 valence electrons. The first-order chi connectivity index (χ1) is 6.19. The highest BCUT2D eigenvalue weighted by atomic mass is 15.7. The predicted octanol–water partition coefficient (Wildman–Crippen LogP) is 1.22. The van der Waals surface area contributed by atoms with Crippen molar-refractivity contribution in [3.05, 3.63) is 11.9 Å². The van der Waals surface area contributed by atoms with Crippen molar-refractivity contribution < 1.29 is 0 Å². The third-order valence-electron chi connectivity index (χ3n) is 2.41. The first-order valence-electron chi connectivity index (χ1n) is 4.66. The fourth-order valence-corrected chi connectivity index (χ4v) is 1.10. The minimum atomic E-state index is 0.0778. The molecule has 0 aliphatic carbocycles. The zero-order valence-electron chi connectivity index (χ0n) is 8.46. The lowest BCUT2D eigenvalue weighted by Gasteiger charge is -2.18. The molecule has 0 fully saturated rings. The monoisotopic (exact) mass is 179 g/mol. The number of allylic oxidation sites excluding steroid dienone is 1. The van der Waals surface area contributed by atoms with Crippen molar-refractivity contribution in [1.82, 2.24) is 16.0 Å². The van der Waals surface area contributed by atoms with Crippen LogP contribution in [0.2, 0.25) is 0 Å². The van der Waals surface area contributed by atoms with E-state index in [1.165, 1.54) is 5.70 Å². The van der Waals surface area contributed by atoms with Gasteiger partial charge in [-0.1, -0.05) is 19.8 Å². The van der Waals surface area contributed by atoms with E-state index in [2.05, 4.69) is 30.7 Å². The molecule has 0 amide bonds. The molecule has 2 atom stereocenters. The highest BCUT2D eigenvalue weighted by Crippen LogP contribution is 2.15. The summed E-state index contributed by atoms with van der Waals surface area (Å²) < 4.78 is 0. The van der Waals surface area contributed by atoms with Crippen LogP contribution in [0.5, 0.6) is 0 Å². The van der Waals surface area contributed by atoms with Gasteiger partial charge in [0, 0.05) is 11.9 Å². The molecule has 1 heterocycles. The van der Waals surface area contributed by atoms with E-state index >= 15 is 0 Å². The van der Waals surface area contributed by atoms with E-state index in [4.69, 9.17) is 6.42 Å². The summed E-state index contributed by atoms with van der Waals surface area (Å²) in [6.07, 6.45) is 8.48. The molecule has 0 radical (unpaired) electrons. The van der Waals surface area contributed by atoms with Gasteiger partial charge in [0.15, 0.2) is 0 Å². The van der Waals surface area contributed by atoms with Gasteiger partial charge in [0.1, 0.15) is 6.04 Å². The van der Waals surface area contributed by atoms with E-state index in [0.29, 0.717) is 5.92 Å². The maximum atomic E-state index is 5.32. The molecule has 13 heavy (non-hydrogen) atoms. The van der Waals surface area contributed by atoms with Crippen LogP contribution in [-0.4, -0.2) is 11.1 Å². The highest BCUT2D eigenvalue weighted by Gasteiger charge is 2.17. The van der Waals surface area contributed by atoms with E-state index in [0.717, 1.165) is 6.42 Å². The summed E-state index contributed by atoms with van der Waals surface area (Å²) in [7, 11) is 0. The van der Waals surface area contributed by atoms with Crippen LogP contribution in [0, 0.1) is 18.3 Å². The standard InChI is InChI=1S/C10H17N3/c1-5-8(3)10-7-13(12-11-10)9(4)6-2/h2,7-9,11-12H,5H2,1,3-4H3. The number of nitrogens with zero attached hydrogens (tertiary/aromatic N) is 1. The summed E-state index contributed by atoms with van der Waals surface area (Å²) in [6.45, 7) is 6.33. The third-order valence-corrected chi connectivity index (χ3v) is 2.41. The Kier molecular flexibility index (Phi) is 3.21. The normalized spacial score (nSPS) is 20.2. The zero-order chi connectivity index (χ0) is 9.84. The second-order valence-corrected chi connectivity index (χ2v) is 3.38. The van der Waals surface area contributed by atoms with Crippen LogP contribution >= 0.6 is 0 Å². The maximum absolute atomic E-state index is 5.32. The molecule has 1 rings (SSSR count). The fraction of sp³-hybridized carbons (Fsp3) is 0.600. The van der Waals surface area contributed by atoms with Gasteiger partial charge in [0.05, 0.1) is 0 Å². The minimum absolute atomic E-state index is 0.0778. The molecule has 0 aromatic carbocycles. The lowest BCUT2D eigenvalue weighted by atomic mass is 10.1. The van der Waals surface area contributed by atoms with Gasteiger partial charge in [-0.05, 0) is 19.3 Å². The molecule has 2 N–H and O–H groups in total. The topological polar surface area (TPSA) is 27.3 Å². The SMILES string of the molecule is C#CC(C)N1C=C(C(C)CC)NN1. The summed E-state index contributed by atoms with van der Waals surface area (Å²) in [4.78, 5) is 0. The van der Waals surface area contributed by atoms with E-state index in [-0.39, 0.29) is 6.04 Å². The quantitative estimate of drug-likeness (QED) is 0.638. The third kappa shape index (κ3) is 2.16. The van der Waals surface area contributed by atoms with Crippen molar-refractivity contribution in [3.8, 4) is 12.3 Å². The van der Waals surface area contributed by atoms with E-state index < -0.39 is 0 Å². The Balaban J connectivity index is 2.59. The second-order valence-electron chi connectivity index (χ2n) is 3.38. The number of rotatable bonds is 3. The average Bonchev–Trinajstić information content (AvgIpc) is 2.64. The zero-order valence-corrected chi connectivity index (χ0v) is 8.46. The lowest BCUT2D eigenvalue weighted by molar-refractivity contribution is 0.244. The van der Waals surface area contributed by atoms with Crippen molar-refractivity contribution >= 4 is 0 Å². The Morgan fingerprint density at radius 2 is 2.31 bits per heavy atom. The molecule has 1 aliphatic heterocycles. The molecule has 0 saturated carbocycles. The molecule has 0 bridgehead atoms. The van der Waals surface area contributed by atoms with Crippen LogP contribution < -0.4 is 11.0 Å². The van der Waals surface area contributed by atoms with Crippen LogP contribution in [0.25, 0.3) is 0 Å². The van der Waals surface area contributed by atoms with Crippen LogP contribution in [0.15, 0.2) is 11.9 Å². The summed E-state index contributed by atoms with van der Waals surface area (Å²) in [5.41, 5.74) is 7.33. The van der Waals surface area contributed by atoms with Crippen LogP contribution in [0.1, 0.15) is 27.2 Å². The largest absolute Gasteiger partial charge is 0.306 e. The van der Waals surface area contributed by atoms with Gasteiger partial charge in [-0.2, -0.15) is 0 Å². The molecule has 3 nitrogen and oxygen atoms in total. The van der Waals surface area contributed by atoms with Crippen LogP contribution in [-0.2, 0) is 0 Å². The molecule has 0 spiro atoms. The second kappa shape index (κ2) is 4.20. The van der Waals surface area contributed by atoms with Crippen molar-refractivity contribution in [2.75, 3.05) is 0 Å². The molecule has 0 aromatic rings. The summed E-state index contributed by atoms with van der Waals surface area (Å²) >= 11 is 0. The van der Waals surface area contributed by atoms with Gasteiger partial charge in [0.2, 0.25) is 0 Å². The van der Waals surface area contributed by atoms with Crippen molar-refractivity contribution in [2.45, 2.75) is 33.2 Å². The smallest absolute Gasteiger partial charge is 0.104 e. The Morgan fingerprint density at radius 1 is 1.62 bits per heavy atom. The minimum Gasteiger partial charge on any atom is -0.306 e. The first-order valence-corrected chi connectivity index (χ1v) is 4.66. The van der Waals surface area contributed by atoms with Crippen molar-refractivity contribution in [1.29, 1.82) is 0 Å². The summed E-state index contributed by atoms with van der Waals surface area (Å²) in [5, 5.41) is 1.90. The molecule has 1 aliphatic rings. The maximum Gasteiger partial charge on any atom is 0.104 e. The molecule has 3 heteroatoms. The summed E-state index contributed by atoms with van der Waals surface area (Å²) in [5.74, 6) is 3.21. The number of terminal acetylenes is 1. The number of nitrogens with one attached hydrogen (secondary N) is 2. The predicted molar refractivity (Wildman–Crippen MR) is 53.9 cm³/mol. The number of hydrogen-bond acceptors (Lipinski definition) is 3. The Bertz CT molecular complexity index is 239. The van der Waals surface area contributed by atoms with Gasteiger partial charge < -0.3 is 5.43 Å². The van der Waals surface area contributed by atoms with Gasteiger partial charge in [-0.25, -0.2) is 0 Å². The molecular weight excluding hydrogens is 162 g/mol. The Labute approximate surface area is 80.1 Å². The molecular formula is C10H17N3. The molecule has 2 unspecified atom stereocenters. The van der Waals surface area contributed by atoms with E-state index in [1.54, 1.807) is 0 Å². The lowest BCUT2D eigenvalue weighted by Crippen LogP contribution is -2.41. The van der Waals surface area contributed by atoms with Gasteiger partial charge in [-0.15, -0.1) is 12.0 Å². The summed E-state index contributed by atoms with van der Waals surface area (Å²) in [6, 6.07) is 0.0778.